The second-order valence-corrected chi connectivity index (χ2v) is 8.69. The first-order chi connectivity index (χ1) is 11.8. The Morgan fingerprint density at radius 2 is 1.21 bits per heavy atom. The van der Waals surface area contributed by atoms with Gasteiger partial charge >= 0.3 is 0 Å². The van der Waals surface area contributed by atoms with Gasteiger partial charge in [0.2, 0.25) is 0 Å². The summed E-state index contributed by atoms with van der Waals surface area (Å²) in [5, 5.41) is 0. The molecule has 0 rings (SSSR count). The van der Waals surface area contributed by atoms with Gasteiger partial charge < -0.3 is 4.74 Å². The number of rotatable bonds is 20. The van der Waals surface area contributed by atoms with E-state index in [0.717, 1.165) is 12.4 Å². The van der Waals surface area contributed by atoms with Gasteiger partial charge in [0.05, 0.1) is 6.61 Å². The van der Waals surface area contributed by atoms with Crippen LogP contribution in [0.2, 0.25) is 0 Å². The minimum atomic E-state index is 0.620. The molecular weight excluding hydrogens is 332 g/mol. The van der Waals surface area contributed by atoms with Gasteiger partial charge in [0, 0.05) is 13.0 Å². The monoisotopic (exact) mass is 376 g/mol. The topological polar surface area (TPSA) is 9.23 Å². The van der Waals surface area contributed by atoms with Crippen molar-refractivity contribution in [2.45, 2.75) is 96.8 Å². The molecule has 0 aromatic rings. The molecule has 0 aliphatic rings. The number of unbranched alkanes of at least 4 members (excludes halogenated alkanes) is 13. The Labute approximate surface area is 162 Å². The number of ether oxygens (including phenoxy) is 1. The van der Waals surface area contributed by atoms with Crippen molar-refractivity contribution in [2.24, 2.45) is 5.92 Å². The molecule has 0 amide bonds. The van der Waals surface area contributed by atoms with Crippen molar-refractivity contribution in [1.82, 2.24) is 0 Å². The van der Waals surface area contributed by atoms with Gasteiger partial charge in [-0.15, -0.1) is 0 Å². The molecule has 0 N–H and O–H groups in total. The molecule has 0 spiro atoms. The van der Waals surface area contributed by atoms with Crippen molar-refractivity contribution in [1.29, 1.82) is 0 Å². The summed E-state index contributed by atoms with van der Waals surface area (Å²) in [6, 6.07) is 0. The van der Waals surface area contributed by atoms with Crippen LogP contribution in [0.4, 0.5) is 0 Å². The fourth-order valence-corrected chi connectivity index (χ4v) is 4.57. The normalized spacial score (nSPS) is 12.6. The molecule has 0 radical (unpaired) electrons. The van der Waals surface area contributed by atoms with Gasteiger partial charge in [-0.25, -0.2) is 0 Å². The van der Waals surface area contributed by atoms with E-state index in [1.54, 1.807) is 7.11 Å². The summed E-state index contributed by atoms with van der Waals surface area (Å²) in [6.07, 6.45) is 20.2. The SMILES string of the molecule is CCCCCCCCCCCCCCCCSCC(CS)COC. The van der Waals surface area contributed by atoms with Crippen LogP contribution < -0.4 is 0 Å². The largest absolute Gasteiger partial charge is 0.384 e. The summed E-state index contributed by atoms with van der Waals surface area (Å²) >= 11 is 6.47. The maximum absolute atomic E-state index is 5.21. The first-order valence-electron chi connectivity index (χ1n) is 10.5. The molecule has 24 heavy (non-hydrogen) atoms. The number of methoxy groups -OCH3 is 1. The minimum Gasteiger partial charge on any atom is -0.384 e. The van der Waals surface area contributed by atoms with E-state index < -0.39 is 0 Å². The third-order valence-electron chi connectivity index (χ3n) is 4.66. The molecule has 0 aromatic heterocycles. The predicted octanol–water partition coefficient (Wildman–Crippen LogP) is 7.39. The average molecular weight is 377 g/mol. The standard InChI is InChI=1S/C21H44OS2/c1-3-4-5-6-7-8-9-10-11-12-13-14-15-16-17-24-20-21(19-23)18-22-2/h21,23H,3-20H2,1-2H3. The molecule has 0 heterocycles. The number of hydrogen-bond acceptors (Lipinski definition) is 3. The van der Waals surface area contributed by atoms with E-state index in [4.69, 9.17) is 4.74 Å². The lowest BCUT2D eigenvalue weighted by Gasteiger charge is -2.12. The van der Waals surface area contributed by atoms with Crippen LogP contribution in [-0.2, 0) is 4.74 Å². The molecule has 0 aromatic carbocycles. The highest BCUT2D eigenvalue weighted by Crippen LogP contribution is 2.15. The first-order valence-corrected chi connectivity index (χ1v) is 12.3. The second-order valence-electron chi connectivity index (χ2n) is 7.18. The molecule has 0 fully saturated rings. The fraction of sp³-hybridized carbons (Fsp3) is 1.00. The quantitative estimate of drug-likeness (QED) is 0.175. The van der Waals surface area contributed by atoms with Crippen LogP contribution >= 0.6 is 24.4 Å². The van der Waals surface area contributed by atoms with Gasteiger partial charge in [0.25, 0.3) is 0 Å². The van der Waals surface area contributed by atoms with Crippen molar-refractivity contribution in [3.8, 4) is 0 Å². The summed E-state index contributed by atoms with van der Waals surface area (Å²) in [5.41, 5.74) is 0. The molecule has 1 unspecified atom stereocenters. The molecule has 0 aliphatic heterocycles. The molecular formula is C21H44OS2. The van der Waals surface area contributed by atoms with Gasteiger partial charge in [0.1, 0.15) is 0 Å². The second kappa shape index (κ2) is 21.7. The Kier molecular flexibility index (Phi) is 22.3. The fourth-order valence-electron chi connectivity index (χ4n) is 3.04. The molecule has 146 valence electrons. The summed E-state index contributed by atoms with van der Waals surface area (Å²) in [5.74, 6) is 4.08. The van der Waals surface area contributed by atoms with Crippen LogP contribution in [0.15, 0.2) is 0 Å². The molecule has 1 atom stereocenters. The summed E-state index contributed by atoms with van der Waals surface area (Å²) in [4.78, 5) is 0. The van der Waals surface area contributed by atoms with Gasteiger partial charge in [-0.1, -0.05) is 90.4 Å². The minimum absolute atomic E-state index is 0.620. The van der Waals surface area contributed by atoms with E-state index in [-0.39, 0.29) is 0 Å². The highest BCUT2D eigenvalue weighted by Gasteiger charge is 2.05. The van der Waals surface area contributed by atoms with Crippen LogP contribution in [0.3, 0.4) is 0 Å². The molecule has 3 heteroatoms. The van der Waals surface area contributed by atoms with E-state index in [1.165, 1.54) is 101 Å². The lowest BCUT2D eigenvalue weighted by molar-refractivity contribution is 0.170. The summed E-state index contributed by atoms with van der Waals surface area (Å²) in [6.45, 7) is 3.15. The zero-order chi connectivity index (χ0) is 17.7. The number of thiol groups is 1. The molecule has 0 saturated heterocycles. The van der Waals surface area contributed by atoms with Crippen molar-refractivity contribution >= 4 is 24.4 Å². The van der Waals surface area contributed by atoms with E-state index >= 15 is 0 Å². The van der Waals surface area contributed by atoms with Crippen molar-refractivity contribution < 1.29 is 4.74 Å². The lowest BCUT2D eigenvalue weighted by atomic mass is 10.0. The number of thioether (sulfide) groups is 1. The lowest BCUT2D eigenvalue weighted by Crippen LogP contribution is -2.13. The average Bonchev–Trinajstić information content (AvgIpc) is 2.60. The summed E-state index contributed by atoms with van der Waals surface area (Å²) < 4.78 is 5.21. The van der Waals surface area contributed by atoms with Crippen LogP contribution in [0.25, 0.3) is 0 Å². The van der Waals surface area contributed by atoms with Crippen molar-refractivity contribution in [3.63, 3.8) is 0 Å². The van der Waals surface area contributed by atoms with Crippen LogP contribution in [0.1, 0.15) is 96.8 Å². The van der Waals surface area contributed by atoms with Gasteiger partial charge in [-0.05, 0) is 23.7 Å². The third-order valence-corrected chi connectivity index (χ3v) is 6.46. The number of hydrogen-bond donors (Lipinski definition) is 1. The Morgan fingerprint density at radius 1 is 0.750 bits per heavy atom. The van der Waals surface area contributed by atoms with Gasteiger partial charge in [-0.2, -0.15) is 24.4 Å². The van der Waals surface area contributed by atoms with Crippen LogP contribution in [0.5, 0.6) is 0 Å². The first kappa shape index (κ1) is 24.7. The Bertz CT molecular complexity index is 224. The molecule has 1 nitrogen and oxygen atoms in total. The Balaban J connectivity index is 3.07. The predicted molar refractivity (Wildman–Crippen MR) is 117 cm³/mol. The Hall–Kier alpha value is 0.660. The van der Waals surface area contributed by atoms with Gasteiger partial charge in [0.15, 0.2) is 0 Å². The summed E-state index contributed by atoms with van der Waals surface area (Å²) in [7, 11) is 1.79. The van der Waals surface area contributed by atoms with E-state index in [0.29, 0.717) is 5.92 Å². The van der Waals surface area contributed by atoms with Crippen LogP contribution in [-0.4, -0.2) is 31.0 Å². The zero-order valence-electron chi connectivity index (χ0n) is 16.6. The smallest absolute Gasteiger partial charge is 0.0506 e. The van der Waals surface area contributed by atoms with Crippen molar-refractivity contribution in [2.75, 3.05) is 31.0 Å². The molecule has 0 saturated carbocycles. The zero-order valence-corrected chi connectivity index (χ0v) is 18.3. The third kappa shape index (κ3) is 19.0. The molecule has 0 bridgehead atoms. The van der Waals surface area contributed by atoms with Gasteiger partial charge in [-0.3, -0.25) is 0 Å². The van der Waals surface area contributed by atoms with E-state index in [2.05, 4.69) is 31.3 Å². The maximum atomic E-state index is 5.21. The maximum Gasteiger partial charge on any atom is 0.0506 e. The van der Waals surface area contributed by atoms with Crippen molar-refractivity contribution in [3.05, 3.63) is 0 Å². The van der Waals surface area contributed by atoms with E-state index in [1.807, 2.05) is 0 Å². The van der Waals surface area contributed by atoms with Crippen LogP contribution in [0, 0.1) is 5.92 Å². The highest BCUT2D eigenvalue weighted by atomic mass is 32.2. The highest BCUT2D eigenvalue weighted by molar-refractivity contribution is 7.99. The van der Waals surface area contributed by atoms with E-state index in [9.17, 15) is 0 Å². The molecule has 0 aliphatic carbocycles. The Morgan fingerprint density at radius 3 is 1.62 bits per heavy atom.